The lowest BCUT2D eigenvalue weighted by atomic mass is 9.79. The molecule has 1 atom stereocenters. The van der Waals surface area contributed by atoms with Crippen LogP contribution in [0.25, 0.3) is 0 Å². The predicted molar refractivity (Wildman–Crippen MR) is 74.5 cm³/mol. The summed E-state index contributed by atoms with van der Waals surface area (Å²) in [4.78, 5) is 2.52. The Labute approximate surface area is 105 Å². The average Bonchev–Trinajstić information content (AvgIpc) is 2.28. The molecule has 0 saturated heterocycles. The summed E-state index contributed by atoms with van der Waals surface area (Å²) < 4.78 is 0. The molecular formula is C15H24N2. The molecule has 0 spiro atoms. The molecule has 2 nitrogen and oxygen atoms in total. The van der Waals surface area contributed by atoms with Crippen molar-refractivity contribution in [3.8, 4) is 0 Å². The van der Waals surface area contributed by atoms with Crippen LogP contribution < -0.4 is 10.6 Å². The lowest BCUT2D eigenvalue weighted by Crippen LogP contribution is -2.48. The number of hydrogen-bond acceptors (Lipinski definition) is 2. The van der Waals surface area contributed by atoms with Gasteiger partial charge in [0.25, 0.3) is 0 Å². The van der Waals surface area contributed by atoms with Crippen molar-refractivity contribution in [2.24, 2.45) is 5.73 Å². The average molecular weight is 232 g/mol. The van der Waals surface area contributed by atoms with Crippen molar-refractivity contribution in [3.63, 3.8) is 0 Å². The number of fused-ring (bicyclic) bond motifs is 1. The van der Waals surface area contributed by atoms with Gasteiger partial charge in [-0.05, 0) is 50.3 Å². The molecule has 2 rings (SSSR count). The molecule has 1 aromatic carbocycles. The van der Waals surface area contributed by atoms with Crippen LogP contribution in [0.2, 0.25) is 0 Å². The maximum absolute atomic E-state index is 5.74. The minimum atomic E-state index is 0.255. The van der Waals surface area contributed by atoms with Crippen molar-refractivity contribution in [1.82, 2.24) is 0 Å². The van der Waals surface area contributed by atoms with Gasteiger partial charge in [0.2, 0.25) is 0 Å². The molecule has 94 valence electrons. The summed E-state index contributed by atoms with van der Waals surface area (Å²) in [6, 6.07) is 6.70. The zero-order valence-corrected chi connectivity index (χ0v) is 11.5. The topological polar surface area (TPSA) is 29.3 Å². The van der Waals surface area contributed by atoms with Crippen LogP contribution in [-0.2, 0) is 6.54 Å². The van der Waals surface area contributed by atoms with Crippen molar-refractivity contribution in [2.45, 2.75) is 52.1 Å². The highest BCUT2D eigenvalue weighted by Gasteiger charge is 2.35. The van der Waals surface area contributed by atoms with Gasteiger partial charge in [-0.3, -0.25) is 0 Å². The Bertz CT molecular complexity index is 409. The molecule has 17 heavy (non-hydrogen) atoms. The predicted octanol–water partition coefficient (Wildman–Crippen LogP) is 3.26. The number of nitrogens with zero attached hydrogens (tertiary/aromatic N) is 1. The largest absolute Gasteiger partial charge is 0.366 e. The van der Waals surface area contributed by atoms with Crippen LogP contribution in [0.4, 0.5) is 5.69 Å². The SMILES string of the molecule is CCN1c2ccc(CN)cc2[C@@H](C)CC1(C)C. The molecule has 0 saturated carbocycles. The fourth-order valence-corrected chi connectivity index (χ4v) is 3.27. The molecule has 1 heterocycles. The van der Waals surface area contributed by atoms with Crippen LogP contribution in [-0.4, -0.2) is 12.1 Å². The number of benzene rings is 1. The van der Waals surface area contributed by atoms with Crippen molar-refractivity contribution < 1.29 is 0 Å². The second kappa shape index (κ2) is 4.34. The smallest absolute Gasteiger partial charge is 0.0406 e. The number of anilines is 1. The van der Waals surface area contributed by atoms with Gasteiger partial charge in [-0.15, -0.1) is 0 Å². The van der Waals surface area contributed by atoms with Crippen molar-refractivity contribution in [2.75, 3.05) is 11.4 Å². The number of hydrogen-bond donors (Lipinski definition) is 1. The maximum Gasteiger partial charge on any atom is 0.0406 e. The highest BCUT2D eigenvalue weighted by Crippen LogP contribution is 2.43. The summed E-state index contributed by atoms with van der Waals surface area (Å²) in [7, 11) is 0. The normalized spacial score (nSPS) is 22.4. The molecular weight excluding hydrogens is 208 g/mol. The van der Waals surface area contributed by atoms with Gasteiger partial charge in [0.05, 0.1) is 0 Å². The summed E-state index contributed by atoms with van der Waals surface area (Å²) in [5.74, 6) is 0.620. The third-order valence-corrected chi connectivity index (χ3v) is 4.00. The third kappa shape index (κ3) is 2.06. The first-order chi connectivity index (χ1) is 7.99. The first-order valence-corrected chi connectivity index (χ1v) is 6.60. The molecule has 0 bridgehead atoms. The Balaban J connectivity index is 2.51. The minimum absolute atomic E-state index is 0.255. The van der Waals surface area contributed by atoms with Crippen LogP contribution in [0.1, 0.15) is 51.2 Å². The van der Waals surface area contributed by atoms with Crippen LogP contribution in [0.15, 0.2) is 18.2 Å². The van der Waals surface area contributed by atoms with E-state index in [9.17, 15) is 0 Å². The Morgan fingerprint density at radius 3 is 2.71 bits per heavy atom. The molecule has 2 N–H and O–H groups in total. The van der Waals surface area contributed by atoms with E-state index in [0.29, 0.717) is 12.5 Å². The Morgan fingerprint density at radius 2 is 2.12 bits per heavy atom. The van der Waals surface area contributed by atoms with Crippen molar-refractivity contribution in [3.05, 3.63) is 29.3 Å². The second-order valence-corrected chi connectivity index (χ2v) is 5.76. The third-order valence-electron chi connectivity index (χ3n) is 4.00. The molecule has 1 aromatic rings. The Morgan fingerprint density at radius 1 is 1.41 bits per heavy atom. The van der Waals surface area contributed by atoms with Crippen LogP contribution in [0.3, 0.4) is 0 Å². The molecule has 0 unspecified atom stereocenters. The monoisotopic (exact) mass is 232 g/mol. The van der Waals surface area contributed by atoms with Gasteiger partial charge < -0.3 is 10.6 Å². The van der Waals surface area contributed by atoms with E-state index in [1.165, 1.54) is 23.2 Å². The highest BCUT2D eigenvalue weighted by molar-refractivity contribution is 5.60. The number of rotatable bonds is 2. The Kier molecular flexibility index (Phi) is 3.17. The van der Waals surface area contributed by atoms with E-state index in [-0.39, 0.29) is 5.54 Å². The zero-order chi connectivity index (χ0) is 12.6. The van der Waals surface area contributed by atoms with Crippen LogP contribution >= 0.6 is 0 Å². The lowest BCUT2D eigenvalue weighted by Gasteiger charge is -2.47. The fraction of sp³-hybridized carbons (Fsp3) is 0.600. The molecule has 2 heteroatoms. The summed E-state index contributed by atoms with van der Waals surface area (Å²) in [6.07, 6.45) is 1.21. The first kappa shape index (κ1) is 12.4. The fourth-order valence-electron chi connectivity index (χ4n) is 3.27. The van der Waals surface area contributed by atoms with Crippen LogP contribution in [0, 0.1) is 0 Å². The maximum atomic E-state index is 5.74. The van der Waals surface area contributed by atoms with E-state index in [1.54, 1.807) is 0 Å². The van der Waals surface area contributed by atoms with E-state index >= 15 is 0 Å². The molecule has 0 radical (unpaired) electrons. The van der Waals surface area contributed by atoms with Gasteiger partial charge in [-0.2, -0.15) is 0 Å². The summed E-state index contributed by atoms with van der Waals surface area (Å²) >= 11 is 0. The molecule has 1 aliphatic rings. The van der Waals surface area contributed by atoms with Gasteiger partial charge >= 0.3 is 0 Å². The molecule has 0 fully saturated rings. The van der Waals surface area contributed by atoms with Gasteiger partial charge in [-0.1, -0.05) is 19.1 Å². The van der Waals surface area contributed by atoms with Crippen molar-refractivity contribution in [1.29, 1.82) is 0 Å². The lowest BCUT2D eigenvalue weighted by molar-refractivity contribution is 0.381. The second-order valence-electron chi connectivity index (χ2n) is 5.76. The van der Waals surface area contributed by atoms with E-state index in [0.717, 1.165) is 6.54 Å². The highest BCUT2D eigenvalue weighted by atomic mass is 15.2. The molecule has 1 aliphatic heterocycles. The van der Waals surface area contributed by atoms with Gasteiger partial charge in [0, 0.05) is 24.3 Å². The summed E-state index contributed by atoms with van der Waals surface area (Å²) in [5, 5.41) is 0. The quantitative estimate of drug-likeness (QED) is 0.848. The molecule has 0 aliphatic carbocycles. The Hall–Kier alpha value is -1.02. The van der Waals surface area contributed by atoms with Gasteiger partial charge in [0.15, 0.2) is 0 Å². The van der Waals surface area contributed by atoms with E-state index in [2.05, 4.69) is 50.8 Å². The molecule has 0 amide bonds. The van der Waals surface area contributed by atoms with Crippen molar-refractivity contribution >= 4 is 5.69 Å². The standard InChI is InChI=1S/C15H24N2/c1-5-17-14-7-6-12(10-16)8-13(14)11(2)9-15(17,3)4/h6-8,11H,5,9-10,16H2,1-4H3/t11-/m0/s1. The molecule has 0 aromatic heterocycles. The summed E-state index contributed by atoms with van der Waals surface area (Å²) in [5.41, 5.74) is 10.1. The number of nitrogens with two attached hydrogens (primary N) is 1. The minimum Gasteiger partial charge on any atom is -0.366 e. The zero-order valence-electron chi connectivity index (χ0n) is 11.5. The van der Waals surface area contributed by atoms with Gasteiger partial charge in [-0.25, -0.2) is 0 Å². The van der Waals surface area contributed by atoms with Crippen LogP contribution in [0.5, 0.6) is 0 Å². The summed E-state index contributed by atoms with van der Waals surface area (Å²) in [6.45, 7) is 10.9. The van der Waals surface area contributed by atoms with E-state index in [4.69, 9.17) is 5.73 Å². The first-order valence-electron chi connectivity index (χ1n) is 6.60. The van der Waals surface area contributed by atoms with Gasteiger partial charge in [0.1, 0.15) is 0 Å². The van der Waals surface area contributed by atoms with E-state index < -0.39 is 0 Å². The van der Waals surface area contributed by atoms with E-state index in [1.807, 2.05) is 0 Å².